The van der Waals surface area contributed by atoms with Crippen molar-refractivity contribution >= 4 is 0 Å². The van der Waals surface area contributed by atoms with Gasteiger partial charge in [0.05, 0.1) is 0 Å². The van der Waals surface area contributed by atoms with Crippen LogP contribution in [0.5, 0.6) is 5.75 Å². The summed E-state index contributed by atoms with van der Waals surface area (Å²) < 4.78 is 6.11. The summed E-state index contributed by atoms with van der Waals surface area (Å²) in [5.74, 6) is 1.60. The van der Waals surface area contributed by atoms with Gasteiger partial charge in [0, 0.05) is 6.04 Å². The molecule has 0 aromatic heterocycles. The molecule has 1 fully saturated rings. The van der Waals surface area contributed by atoms with Crippen LogP contribution < -0.4 is 10.1 Å². The van der Waals surface area contributed by atoms with Crippen LogP contribution in [0, 0.1) is 0 Å². The summed E-state index contributed by atoms with van der Waals surface area (Å²) in [7, 11) is 0. The van der Waals surface area contributed by atoms with Crippen molar-refractivity contribution in [2.75, 3.05) is 6.54 Å². The van der Waals surface area contributed by atoms with Crippen molar-refractivity contribution in [3.05, 3.63) is 29.8 Å². The quantitative estimate of drug-likeness (QED) is 0.827. The first-order valence-electron chi connectivity index (χ1n) is 7.19. The average Bonchev–Trinajstić information content (AvgIpc) is 2.32. The van der Waals surface area contributed by atoms with Gasteiger partial charge in [-0.05, 0) is 43.4 Å². The van der Waals surface area contributed by atoms with E-state index >= 15 is 0 Å². The van der Waals surface area contributed by atoms with Gasteiger partial charge in [0.1, 0.15) is 11.9 Å². The van der Waals surface area contributed by atoms with Crippen LogP contribution in [-0.2, 0) is 0 Å². The third kappa shape index (κ3) is 3.26. The van der Waals surface area contributed by atoms with Crippen LogP contribution in [0.2, 0.25) is 0 Å². The van der Waals surface area contributed by atoms with Gasteiger partial charge in [-0.25, -0.2) is 0 Å². The lowest BCUT2D eigenvalue weighted by Gasteiger charge is -2.36. The summed E-state index contributed by atoms with van der Waals surface area (Å²) in [6.07, 6.45) is 3.90. The van der Waals surface area contributed by atoms with Gasteiger partial charge < -0.3 is 10.1 Å². The Bertz CT molecular complexity index is 369. The maximum Gasteiger partial charge on any atom is 0.123 e. The van der Waals surface area contributed by atoms with Gasteiger partial charge in [0.2, 0.25) is 0 Å². The summed E-state index contributed by atoms with van der Waals surface area (Å²) in [5.41, 5.74) is 1.32. The highest BCUT2D eigenvalue weighted by Crippen LogP contribution is 2.31. The molecule has 0 amide bonds. The second kappa shape index (κ2) is 6.24. The molecule has 1 aromatic rings. The second-order valence-corrected chi connectivity index (χ2v) is 5.55. The Morgan fingerprint density at radius 3 is 2.67 bits per heavy atom. The third-order valence-electron chi connectivity index (χ3n) is 3.61. The zero-order valence-electron chi connectivity index (χ0n) is 11.8. The van der Waals surface area contributed by atoms with Crippen molar-refractivity contribution in [2.24, 2.45) is 0 Å². The minimum absolute atomic E-state index is 0.402. The number of rotatable bonds is 6. The van der Waals surface area contributed by atoms with Crippen LogP contribution in [0.1, 0.15) is 51.5 Å². The maximum atomic E-state index is 6.11. The van der Waals surface area contributed by atoms with E-state index in [-0.39, 0.29) is 0 Å². The van der Waals surface area contributed by atoms with Gasteiger partial charge in [-0.15, -0.1) is 0 Å². The molecule has 1 aromatic carbocycles. The number of nitrogens with one attached hydrogen (secondary N) is 1. The Morgan fingerprint density at radius 2 is 2.00 bits per heavy atom. The zero-order valence-corrected chi connectivity index (χ0v) is 11.8. The first kappa shape index (κ1) is 13.4. The van der Waals surface area contributed by atoms with E-state index in [1.165, 1.54) is 12.0 Å². The van der Waals surface area contributed by atoms with E-state index in [1.54, 1.807) is 0 Å². The Hall–Kier alpha value is -1.02. The topological polar surface area (TPSA) is 21.3 Å². The molecule has 2 heteroatoms. The van der Waals surface area contributed by atoms with Gasteiger partial charge >= 0.3 is 0 Å². The molecule has 2 nitrogen and oxygen atoms in total. The summed E-state index contributed by atoms with van der Waals surface area (Å²) >= 11 is 0. The van der Waals surface area contributed by atoms with Crippen LogP contribution in [0.4, 0.5) is 0 Å². The van der Waals surface area contributed by atoms with E-state index < -0.39 is 0 Å². The van der Waals surface area contributed by atoms with Crippen molar-refractivity contribution in [1.82, 2.24) is 5.32 Å². The molecule has 2 rings (SSSR count). The Labute approximate surface area is 111 Å². The summed E-state index contributed by atoms with van der Waals surface area (Å²) in [6, 6.07) is 9.09. The fourth-order valence-electron chi connectivity index (χ4n) is 2.42. The number of hydrogen-bond donors (Lipinski definition) is 1. The second-order valence-electron chi connectivity index (χ2n) is 5.55. The van der Waals surface area contributed by atoms with Crippen LogP contribution in [0.15, 0.2) is 24.3 Å². The molecule has 0 radical (unpaired) electrons. The number of hydrogen-bond acceptors (Lipinski definition) is 2. The van der Waals surface area contributed by atoms with E-state index in [1.807, 2.05) is 0 Å². The lowest BCUT2D eigenvalue weighted by molar-refractivity contribution is 0.0840. The van der Waals surface area contributed by atoms with Crippen LogP contribution in [-0.4, -0.2) is 18.7 Å². The van der Waals surface area contributed by atoms with Crippen molar-refractivity contribution < 1.29 is 4.74 Å². The number of benzene rings is 1. The first-order valence-corrected chi connectivity index (χ1v) is 7.19. The highest BCUT2D eigenvalue weighted by atomic mass is 16.5. The lowest BCUT2D eigenvalue weighted by atomic mass is 9.89. The van der Waals surface area contributed by atoms with Crippen molar-refractivity contribution in [2.45, 2.75) is 58.1 Å². The van der Waals surface area contributed by atoms with Crippen LogP contribution in [0.25, 0.3) is 0 Å². The molecule has 0 heterocycles. The van der Waals surface area contributed by atoms with Gasteiger partial charge in [0.25, 0.3) is 0 Å². The average molecular weight is 247 g/mol. The number of ether oxygens (including phenoxy) is 1. The molecule has 18 heavy (non-hydrogen) atoms. The number of para-hydroxylation sites is 1. The van der Waals surface area contributed by atoms with E-state index in [4.69, 9.17) is 4.74 Å². The minimum Gasteiger partial charge on any atom is -0.490 e. The largest absolute Gasteiger partial charge is 0.490 e. The lowest BCUT2D eigenvalue weighted by Crippen LogP contribution is -2.47. The van der Waals surface area contributed by atoms with Crippen LogP contribution in [0.3, 0.4) is 0 Å². The fourth-order valence-corrected chi connectivity index (χ4v) is 2.42. The molecule has 1 aliphatic rings. The van der Waals surface area contributed by atoms with Gasteiger partial charge in [-0.2, -0.15) is 0 Å². The summed E-state index contributed by atoms with van der Waals surface area (Å²) in [5, 5.41) is 3.54. The molecule has 0 saturated heterocycles. The zero-order chi connectivity index (χ0) is 13.0. The molecular formula is C16H25NO. The minimum atomic E-state index is 0.402. The SMILES string of the molecule is CCCNC1CC(Oc2ccccc2C(C)C)C1. The standard InChI is InChI=1S/C16H25NO/c1-4-9-17-13-10-14(11-13)18-16-8-6-5-7-15(16)12(2)3/h5-8,12-14,17H,4,9-11H2,1-3H3. The van der Waals surface area contributed by atoms with Crippen molar-refractivity contribution in [1.29, 1.82) is 0 Å². The van der Waals surface area contributed by atoms with Gasteiger partial charge in [-0.3, -0.25) is 0 Å². The maximum absolute atomic E-state index is 6.11. The molecule has 100 valence electrons. The first-order chi connectivity index (χ1) is 8.70. The highest BCUT2D eigenvalue weighted by molar-refractivity contribution is 5.35. The van der Waals surface area contributed by atoms with E-state index in [9.17, 15) is 0 Å². The van der Waals surface area contributed by atoms with Crippen LogP contribution >= 0.6 is 0 Å². The fraction of sp³-hybridized carbons (Fsp3) is 0.625. The van der Waals surface area contributed by atoms with Crippen molar-refractivity contribution in [3.63, 3.8) is 0 Å². The molecular weight excluding hydrogens is 222 g/mol. The molecule has 0 aliphatic heterocycles. The monoisotopic (exact) mass is 247 g/mol. The van der Waals surface area contributed by atoms with E-state index in [2.05, 4.69) is 50.4 Å². The molecule has 1 saturated carbocycles. The molecule has 1 aliphatic carbocycles. The molecule has 0 bridgehead atoms. The predicted octanol–water partition coefficient (Wildman–Crippen LogP) is 3.72. The molecule has 1 N–H and O–H groups in total. The Kier molecular flexibility index (Phi) is 4.65. The highest BCUT2D eigenvalue weighted by Gasteiger charge is 2.30. The predicted molar refractivity (Wildman–Crippen MR) is 76.3 cm³/mol. The Balaban J connectivity index is 1.85. The van der Waals surface area contributed by atoms with Crippen molar-refractivity contribution in [3.8, 4) is 5.75 Å². The molecule has 0 atom stereocenters. The summed E-state index contributed by atoms with van der Waals surface area (Å²) in [4.78, 5) is 0. The van der Waals surface area contributed by atoms with E-state index in [0.717, 1.165) is 25.1 Å². The molecule has 0 spiro atoms. The Morgan fingerprint density at radius 1 is 1.28 bits per heavy atom. The van der Waals surface area contributed by atoms with Gasteiger partial charge in [0.15, 0.2) is 0 Å². The normalized spacial score (nSPS) is 22.9. The smallest absolute Gasteiger partial charge is 0.123 e. The van der Waals surface area contributed by atoms with E-state index in [0.29, 0.717) is 18.1 Å². The summed E-state index contributed by atoms with van der Waals surface area (Å²) in [6.45, 7) is 7.77. The van der Waals surface area contributed by atoms with Gasteiger partial charge in [-0.1, -0.05) is 39.0 Å². The molecule has 0 unspecified atom stereocenters. The third-order valence-corrected chi connectivity index (χ3v) is 3.61.